The second kappa shape index (κ2) is 5.35. The quantitative estimate of drug-likeness (QED) is 0.901. The van der Waals surface area contributed by atoms with Gasteiger partial charge in [-0.3, -0.25) is 4.90 Å². The van der Waals surface area contributed by atoms with Crippen LogP contribution < -0.4 is 0 Å². The Morgan fingerprint density at radius 3 is 2.68 bits per heavy atom. The molecule has 3 heterocycles. The normalized spacial score (nSPS) is 25.8. The summed E-state index contributed by atoms with van der Waals surface area (Å²) < 4.78 is 7.36. The number of carboxylic acids is 1. The lowest BCUT2D eigenvalue weighted by atomic mass is 10.0. The lowest BCUT2D eigenvalue weighted by Gasteiger charge is -2.36. The SMILES string of the molecule is O=C(O)c1cccn1C1CCN(C2CCOC2)CC1. The van der Waals surface area contributed by atoms with Gasteiger partial charge in [0.25, 0.3) is 0 Å². The Morgan fingerprint density at radius 2 is 2.05 bits per heavy atom. The van der Waals surface area contributed by atoms with Crippen molar-refractivity contribution in [1.29, 1.82) is 0 Å². The first-order chi connectivity index (χ1) is 9.25. The van der Waals surface area contributed by atoms with Crippen LogP contribution in [0.15, 0.2) is 18.3 Å². The van der Waals surface area contributed by atoms with Crippen LogP contribution in [-0.4, -0.2) is 52.9 Å². The summed E-state index contributed by atoms with van der Waals surface area (Å²) in [7, 11) is 0. The van der Waals surface area contributed by atoms with E-state index in [-0.39, 0.29) is 0 Å². The van der Waals surface area contributed by atoms with Crippen molar-refractivity contribution in [3.8, 4) is 0 Å². The predicted octanol–water partition coefficient (Wildman–Crippen LogP) is 1.61. The molecule has 0 saturated carbocycles. The zero-order valence-electron chi connectivity index (χ0n) is 11.0. The number of rotatable bonds is 3. The second-order valence-electron chi connectivity index (χ2n) is 5.39. The number of carbonyl (C=O) groups is 1. The van der Waals surface area contributed by atoms with Crippen LogP contribution in [0.5, 0.6) is 0 Å². The number of ether oxygens (including phenoxy) is 1. The van der Waals surface area contributed by atoms with Crippen molar-refractivity contribution in [3.05, 3.63) is 24.0 Å². The molecular weight excluding hydrogens is 244 g/mol. The molecule has 3 rings (SSSR count). The average molecular weight is 264 g/mol. The molecule has 104 valence electrons. The van der Waals surface area contributed by atoms with Crippen molar-refractivity contribution in [2.45, 2.75) is 31.3 Å². The summed E-state index contributed by atoms with van der Waals surface area (Å²) in [5, 5.41) is 9.16. The van der Waals surface area contributed by atoms with E-state index in [1.165, 1.54) is 0 Å². The zero-order chi connectivity index (χ0) is 13.2. The van der Waals surface area contributed by atoms with Gasteiger partial charge in [0.2, 0.25) is 0 Å². The molecular formula is C14H20N2O3. The number of nitrogens with zero attached hydrogens (tertiary/aromatic N) is 2. The maximum atomic E-state index is 11.2. The van der Waals surface area contributed by atoms with Crippen LogP contribution in [0.25, 0.3) is 0 Å². The first-order valence-electron chi connectivity index (χ1n) is 6.97. The zero-order valence-corrected chi connectivity index (χ0v) is 11.0. The molecule has 0 aliphatic carbocycles. The summed E-state index contributed by atoms with van der Waals surface area (Å²) in [5.74, 6) is -0.836. The molecule has 2 aliphatic heterocycles. The first kappa shape index (κ1) is 12.7. The van der Waals surface area contributed by atoms with E-state index < -0.39 is 5.97 Å². The molecule has 0 amide bonds. The molecule has 5 heteroatoms. The number of aromatic nitrogens is 1. The van der Waals surface area contributed by atoms with Crippen LogP contribution >= 0.6 is 0 Å². The third-order valence-corrected chi connectivity index (χ3v) is 4.31. The van der Waals surface area contributed by atoms with E-state index >= 15 is 0 Å². The van der Waals surface area contributed by atoms with Gasteiger partial charge in [-0.2, -0.15) is 0 Å². The van der Waals surface area contributed by atoms with Gasteiger partial charge in [0.15, 0.2) is 0 Å². The Hall–Kier alpha value is -1.33. The Morgan fingerprint density at radius 1 is 1.26 bits per heavy atom. The molecule has 1 unspecified atom stereocenters. The van der Waals surface area contributed by atoms with Crippen molar-refractivity contribution < 1.29 is 14.6 Å². The third kappa shape index (κ3) is 2.53. The third-order valence-electron chi connectivity index (χ3n) is 4.31. The highest BCUT2D eigenvalue weighted by Gasteiger charge is 2.29. The Bertz CT molecular complexity index is 443. The van der Waals surface area contributed by atoms with Gasteiger partial charge in [-0.05, 0) is 31.4 Å². The van der Waals surface area contributed by atoms with Crippen molar-refractivity contribution >= 4 is 5.97 Å². The van der Waals surface area contributed by atoms with E-state index in [1.54, 1.807) is 6.07 Å². The number of aromatic carboxylic acids is 1. The molecule has 1 aromatic heterocycles. The van der Waals surface area contributed by atoms with Crippen molar-refractivity contribution in [1.82, 2.24) is 9.47 Å². The number of likely N-dealkylation sites (tertiary alicyclic amines) is 1. The van der Waals surface area contributed by atoms with E-state index in [9.17, 15) is 4.79 Å². The summed E-state index contributed by atoms with van der Waals surface area (Å²) >= 11 is 0. The average Bonchev–Trinajstić information content (AvgIpc) is 3.10. The van der Waals surface area contributed by atoms with E-state index in [4.69, 9.17) is 9.84 Å². The summed E-state index contributed by atoms with van der Waals surface area (Å²) in [6.07, 6.45) is 5.06. The molecule has 0 spiro atoms. The largest absolute Gasteiger partial charge is 0.477 e. The summed E-state index contributed by atoms with van der Waals surface area (Å²) in [4.78, 5) is 13.6. The van der Waals surface area contributed by atoms with Gasteiger partial charge in [-0.1, -0.05) is 0 Å². The van der Waals surface area contributed by atoms with E-state index in [0.717, 1.165) is 45.6 Å². The molecule has 0 aromatic carbocycles. The molecule has 5 nitrogen and oxygen atoms in total. The molecule has 19 heavy (non-hydrogen) atoms. The highest BCUT2D eigenvalue weighted by molar-refractivity contribution is 5.85. The maximum absolute atomic E-state index is 11.2. The fourth-order valence-electron chi connectivity index (χ4n) is 3.23. The molecule has 1 aromatic rings. The van der Waals surface area contributed by atoms with Gasteiger partial charge in [-0.25, -0.2) is 4.79 Å². The topological polar surface area (TPSA) is 54.7 Å². The van der Waals surface area contributed by atoms with E-state index in [1.807, 2.05) is 16.8 Å². The molecule has 2 aliphatic rings. The minimum Gasteiger partial charge on any atom is -0.477 e. The highest BCUT2D eigenvalue weighted by atomic mass is 16.5. The van der Waals surface area contributed by atoms with Gasteiger partial charge in [0.1, 0.15) is 5.69 Å². The van der Waals surface area contributed by atoms with Crippen molar-refractivity contribution in [2.75, 3.05) is 26.3 Å². The monoisotopic (exact) mass is 264 g/mol. The van der Waals surface area contributed by atoms with Gasteiger partial charge in [-0.15, -0.1) is 0 Å². The summed E-state index contributed by atoms with van der Waals surface area (Å²) in [6.45, 7) is 3.81. The number of hydrogen-bond acceptors (Lipinski definition) is 3. The van der Waals surface area contributed by atoms with Crippen LogP contribution in [0.2, 0.25) is 0 Å². The standard InChI is InChI=1S/C14H20N2O3/c17-14(18)13-2-1-6-16(13)11-3-7-15(8-4-11)12-5-9-19-10-12/h1-2,6,11-12H,3-5,7-10H2,(H,17,18). The van der Waals surface area contributed by atoms with Gasteiger partial charge >= 0.3 is 5.97 Å². The van der Waals surface area contributed by atoms with E-state index in [2.05, 4.69) is 4.90 Å². The molecule has 0 bridgehead atoms. The number of carboxylic acid groups (broad SMARTS) is 1. The first-order valence-corrected chi connectivity index (χ1v) is 6.97. The smallest absolute Gasteiger partial charge is 0.352 e. The Labute approximate surface area is 112 Å². The Kier molecular flexibility index (Phi) is 3.57. The molecule has 1 N–H and O–H groups in total. The fraction of sp³-hybridized carbons (Fsp3) is 0.643. The lowest BCUT2D eigenvalue weighted by molar-refractivity contribution is 0.0674. The lowest BCUT2D eigenvalue weighted by Crippen LogP contribution is -2.42. The van der Waals surface area contributed by atoms with Crippen LogP contribution in [0.1, 0.15) is 35.8 Å². The van der Waals surface area contributed by atoms with Crippen LogP contribution in [-0.2, 0) is 4.74 Å². The van der Waals surface area contributed by atoms with Gasteiger partial charge in [0, 0.05) is 38.0 Å². The number of hydrogen-bond donors (Lipinski definition) is 1. The summed E-state index contributed by atoms with van der Waals surface area (Å²) in [5.41, 5.74) is 0.405. The highest BCUT2D eigenvalue weighted by Crippen LogP contribution is 2.27. The van der Waals surface area contributed by atoms with Crippen LogP contribution in [0.4, 0.5) is 0 Å². The van der Waals surface area contributed by atoms with Gasteiger partial charge < -0.3 is 14.4 Å². The predicted molar refractivity (Wildman–Crippen MR) is 70.5 cm³/mol. The van der Waals surface area contributed by atoms with E-state index in [0.29, 0.717) is 17.8 Å². The van der Waals surface area contributed by atoms with Crippen LogP contribution in [0.3, 0.4) is 0 Å². The molecule has 1 atom stereocenters. The minimum atomic E-state index is -0.836. The maximum Gasteiger partial charge on any atom is 0.352 e. The second-order valence-corrected chi connectivity index (χ2v) is 5.39. The van der Waals surface area contributed by atoms with Gasteiger partial charge in [0.05, 0.1) is 6.61 Å². The molecule has 2 saturated heterocycles. The summed E-state index contributed by atoms with van der Waals surface area (Å²) in [6, 6.07) is 4.39. The van der Waals surface area contributed by atoms with Crippen LogP contribution in [0, 0.1) is 0 Å². The Balaban J connectivity index is 1.63. The fourth-order valence-corrected chi connectivity index (χ4v) is 3.23. The van der Waals surface area contributed by atoms with Crippen molar-refractivity contribution in [3.63, 3.8) is 0 Å². The minimum absolute atomic E-state index is 0.319. The van der Waals surface area contributed by atoms with Crippen molar-refractivity contribution in [2.24, 2.45) is 0 Å². The number of piperidine rings is 1. The molecule has 0 radical (unpaired) electrons. The molecule has 2 fully saturated rings.